The highest BCUT2D eigenvalue weighted by Gasteiger charge is 2.24. The van der Waals surface area contributed by atoms with E-state index in [9.17, 15) is 9.59 Å². The molecule has 6 nitrogen and oxygen atoms in total. The van der Waals surface area contributed by atoms with E-state index in [1.807, 2.05) is 0 Å². The molecule has 1 fully saturated rings. The molecule has 3 N–H and O–H groups in total. The average Bonchev–Trinajstić information content (AvgIpc) is 2.49. The van der Waals surface area contributed by atoms with Crippen LogP contribution in [0.4, 0.5) is 0 Å². The molecular weight excluding hydrogens is 268 g/mol. The molecule has 1 unspecified atom stereocenters. The highest BCUT2D eigenvalue weighted by atomic mass is 16.2. The van der Waals surface area contributed by atoms with Crippen molar-refractivity contribution in [2.24, 2.45) is 5.73 Å². The number of nitrogens with zero attached hydrogens (tertiary/aromatic N) is 2. The van der Waals surface area contributed by atoms with Crippen molar-refractivity contribution in [1.82, 2.24) is 15.2 Å². The summed E-state index contributed by atoms with van der Waals surface area (Å²) in [5, 5.41) is 2.94. The monoisotopic (exact) mass is 286 g/mol. The van der Waals surface area contributed by atoms with Crippen LogP contribution in [-0.4, -0.2) is 47.9 Å². The number of nitrogens with two attached hydrogens (primary N) is 1. The van der Waals surface area contributed by atoms with E-state index >= 15 is 0 Å². The lowest BCUT2D eigenvalue weighted by molar-refractivity contribution is -0.132. The van der Waals surface area contributed by atoms with Crippen molar-refractivity contribution < 1.29 is 9.59 Å². The van der Waals surface area contributed by atoms with Crippen molar-refractivity contribution in [3.63, 3.8) is 0 Å². The van der Waals surface area contributed by atoms with Crippen LogP contribution in [0, 0.1) is 11.8 Å². The minimum Gasteiger partial charge on any atom is -0.347 e. The standard InChI is InChI=1S/C15H18N4O2/c1-19-10-12(4-5-14(19)20)18-15(21)13-6-8-17-9-11(13)3-2-7-16/h6,8-9,12H,4-5,7,10,16H2,1H3,(H,18,21). The first-order valence-electron chi connectivity index (χ1n) is 6.79. The normalized spacial score (nSPS) is 17.9. The Labute approximate surface area is 123 Å². The summed E-state index contributed by atoms with van der Waals surface area (Å²) >= 11 is 0. The predicted molar refractivity (Wildman–Crippen MR) is 78.3 cm³/mol. The molecule has 0 saturated carbocycles. The number of likely N-dealkylation sites (N-methyl/N-ethyl adjacent to an activating group) is 1. The topological polar surface area (TPSA) is 88.3 Å². The van der Waals surface area contributed by atoms with Crippen molar-refractivity contribution >= 4 is 11.8 Å². The zero-order valence-corrected chi connectivity index (χ0v) is 11.9. The lowest BCUT2D eigenvalue weighted by Crippen LogP contribution is -2.48. The van der Waals surface area contributed by atoms with Gasteiger partial charge in [-0.1, -0.05) is 11.8 Å². The fourth-order valence-corrected chi connectivity index (χ4v) is 2.23. The number of hydrogen-bond acceptors (Lipinski definition) is 4. The molecule has 0 radical (unpaired) electrons. The Hall–Kier alpha value is -2.39. The minimum absolute atomic E-state index is 0.0383. The molecule has 1 aromatic heterocycles. The van der Waals surface area contributed by atoms with Crippen molar-refractivity contribution in [2.45, 2.75) is 18.9 Å². The summed E-state index contributed by atoms with van der Waals surface area (Å²) in [6.07, 6.45) is 4.22. The molecule has 1 saturated heterocycles. The van der Waals surface area contributed by atoms with Crippen LogP contribution in [-0.2, 0) is 4.79 Å². The fourth-order valence-electron chi connectivity index (χ4n) is 2.23. The molecule has 2 amide bonds. The van der Waals surface area contributed by atoms with Crippen LogP contribution in [0.15, 0.2) is 18.5 Å². The number of carbonyl (C=O) groups is 2. The quantitative estimate of drug-likeness (QED) is 0.733. The number of likely N-dealkylation sites (tertiary alicyclic amines) is 1. The van der Waals surface area contributed by atoms with E-state index in [0.717, 1.165) is 0 Å². The van der Waals surface area contributed by atoms with Crippen molar-refractivity contribution in [3.8, 4) is 11.8 Å². The predicted octanol–water partition coefficient (Wildman–Crippen LogP) is -0.258. The van der Waals surface area contributed by atoms with Gasteiger partial charge >= 0.3 is 0 Å². The lowest BCUT2D eigenvalue weighted by atomic mass is 10.0. The van der Waals surface area contributed by atoms with E-state index in [0.29, 0.717) is 30.5 Å². The van der Waals surface area contributed by atoms with Crippen LogP contribution >= 0.6 is 0 Å². The third-order valence-corrected chi connectivity index (χ3v) is 3.35. The lowest BCUT2D eigenvalue weighted by Gasteiger charge is -2.30. The first kappa shape index (κ1) is 15.0. The molecule has 2 heterocycles. The first-order valence-corrected chi connectivity index (χ1v) is 6.79. The summed E-state index contributed by atoms with van der Waals surface area (Å²) in [5.41, 5.74) is 6.38. The number of aromatic nitrogens is 1. The second-order valence-corrected chi connectivity index (χ2v) is 4.91. The highest BCUT2D eigenvalue weighted by molar-refractivity contribution is 5.96. The van der Waals surface area contributed by atoms with Gasteiger partial charge in [-0.3, -0.25) is 14.6 Å². The maximum absolute atomic E-state index is 12.3. The van der Waals surface area contributed by atoms with E-state index in [1.54, 1.807) is 30.4 Å². The molecular formula is C15H18N4O2. The van der Waals surface area contributed by atoms with E-state index in [1.165, 1.54) is 0 Å². The summed E-state index contributed by atoms with van der Waals surface area (Å²) in [7, 11) is 1.74. The SMILES string of the molecule is CN1CC(NC(=O)c2ccncc2C#CCN)CCC1=O. The Bertz CT molecular complexity index is 603. The fraction of sp³-hybridized carbons (Fsp3) is 0.400. The van der Waals surface area contributed by atoms with Crippen molar-refractivity contribution in [3.05, 3.63) is 29.6 Å². The van der Waals surface area contributed by atoms with Crippen LogP contribution in [0.25, 0.3) is 0 Å². The van der Waals surface area contributed by atoms with E-state index in [2.05, 4.69) is 22.1 Å². The summed E-state index contributed by atoms with van der Waals surface area (Å²) in [6.45, 7) is 0.755. The van der Waals surface area contributed by atoms with Gasteiger partial charge in [-0.15, -0.1) is 0 Å². The van der Waals surface area contributed by atoms with Gasteiger partial charge in [-0.2, -0.15) is 0 Å². The molecule has 1 aliphatic heterocycles. The number of nitrogens with one attached hydrogen (secondary N) is 1. The van der Waals surface area contributed by atoms with E-state index in [4.69, 9.17) is 5.73 Å². The summed E-state index contributed by atoms with van der Waals surface area (Å²) < 4.78 is 0. The van der Waals surface area contributed by atoms with E-state index in [-0.39, 0.29) is 24.4 Å². The third kappa shape index (κ3) is 3.80. The van der Waals surface area contributed by atoms with Gasteiger partial charge in [0.1, 0.15) is 0 Å². The van der Waals surface area contributed by atoms with Gasteiger partial charge in [0.25, 0.3) is 5.91 Å². The number of piperidine rings is 1. The average molecular weight is 286 g/mol. The van der Waals surface area contributed by atoms with Gasteiger partial charge in [0, 0.05) is 38.4 Å². The maximum Gasteiger partial charge on any atom is 0.252 e. The van der Waals surface area contributed by atoms with Crippen LogP contribution in [0.1, 0.15) is 28.8 Å². The number of rotatable bonds is 2. The van der Waals surface area contributed by atoms with Crippen LogP contribution in [0.2, 0.25) is 0 Å². The Morgan fingerprint density at radius 1 is 1.62 bits per heavy atom. The van der Waals surface area contributed by atoms with Crippen molar-refractivity contribution in [2.75, 3.05) is 20.1 Å². The molecule has 1 atom stereocenters. The molecule has 0 aliphatic carbocycles. The Morgan fingerprint density at radius 2 is 2.43 bits per heavy atom. The third-order valence-electron chi connectivity index (χ3n) is 3.35. The Balaban J connectivity index is 2.09. The number of amides is 2. The van der Waals surface area contributed by atoms with Crippen LogP contribution in [0.5, 0.6) is 0 Å². The second-order valence-electron chi connectivity index (χ2n) is 4.91. The molecule has 0 bridgehead atoms. The van der Waals surface area contributed by atoms with Crippen LogP contribution < -0.4 is 11.1 Å². The largest absolute Gasteiger partial charge is 0.347 e. The molecule has 110 valence electrons. The molecule has 6 heteroatoms. The van der Waals surface area contributed by atoms with Gasteiger partial charge in [0.15, 0.2) is 0 Å². The molecule has 21 heavy (non-hydrogen) atoms. The Morgan fingerprint density at radius 3 is 3.14 bits per heavy atom. The number of hydrogen-bond donors (Lipinski definition) is 2. The van der Waals surface area contributed by atoms with Gasteiger partial charge in [-0.25, -0.2) is 0 Å². The summed E-state index contributed by atoms with van der Waals surface area (Å²) in [4.78, 5) is 29.4. The highest BCUT2D eigenvalue weighted by Crippen LogP contribution is 2.12. The second kappa shape index (κ2) is 6.86. The number of carbonyl (C=O) groups excluding carboxylic acids is 2. The molecule has 1 aromatic rings. The zero-order chi connectivity index (χ0) is 15.2. The Kier molecular flexibility index (Phi) is 4.90. The smallest absolute Gasteiger partial charge is 0.252 e. The molecule has 2 rings (SSSR count). The maximum atomic E-state index is 12.3. The van der Waals surface area contributed by atoms with Gasteiger partial charge in [0.2, 0.25) is 5.91 Å². The summed E-state index contributed by atoms with van der Waals surface area (Å²) in [6, 6.07) is 1.59. The van der Waals surface area contributed by atoms with Gasteiger partial charge < -0.3 is 16.0 Å². The van der Waals surface area contributed by atoms with Crippen molar-refractivity contribution in [1.29, 1.82) is 0 Å². The zero-order valence-electron chi connectivity index (χ0n) is 11.9. The molecule has 0 spiro atoms. The van der Waals surface area contributed by atoms with Gasteiger partial charge in [0.05, 0.1) is 17.7 Å². The molecule has 0 aromatic carbocycles. The summed E-state index contributed by atoms with van der Waals surface area (Å²) in [5.74, 6) is 5.47. The van der Waals surface area contributed by atoms with Crippen LogP contribution in [0.3, 0.4) is 0 Å². The van der Waals surface area contributed by atoms with Gasteiger partial charge in [-0.05, 0) is 12.5 Å². The first-order chi connectivity index (χ1) is 10.1. The minimum atomic E-state index is -0.202. The van der Waals surface area contributed by atoms with E-state index < -0.39 is 0 Å². The molecule has 1 aliphatic rings. The number of pyridine rings is 1.